The quantitative estimate of drug-likeness (QED) is 0.462. The minimum absolute atomic E-state index is 0.312. The van der Waals surface area contributed by atoms with Crippen LogP contribution in [0, 0.1) is 0 Å². The van der Waals surface area contributed by atoms with Gasteiger partial charge in [-0.2, -0.15) is 0 Å². The lowest BCUT2D eigenvalue weighted by atomic mass is 10.7. The summed E-state index contributed by atoms with van der Waals surface area (Å²) in [6, 6.07) is 0. The summed E-state index contributed by atoms with van der Waals surface area (Å²) < 4.78 is 11.6. The fourth-order valence-electron chi connectivity index (χ4n) is 0.655. The van der Waals surface area contributed by atoms with Gasteiger partial charge in [0.1, 0.15) is 6.80 Å². The zero-order valence-corrected chi connectivity index (χ0v) is 4.15. The third-order valence-corrected chi connectivity index (χ3v) is 1.11. The van der Waals surface area contributed by atoms with Crippen molar-refractivity contribution in [1.82, 2.24) is 10.2 Å². The van der Waals surface area contributed by atoms with Gasteiger partial charge in [0.15, 0.2) is 0 Å². The van der Waals surface area contributed by atoms with E-state index >= 15 is 0 Å². The topological polar surface area (TPSA) is 15.3 Å². The maximum Gasteiger partial charge on any atom is 0.144 e. The number of rotatable bonds is 1. The van der Waals surface area contributed by atoms with Crippen molar-refractivity contribution in [3.63, 3.8) is 0 Å². The van der Waals surface area contributed by atoms with Crippen LogP contribution < -0.4 is 5.32 Å². The largest absolute Gasteiger partial charge is 0.303 e. The van der Waals surface area contributed by atoms with Gasteiger partial charge in [-0.05, 0) is 0 Å². The van der Waals surface area contributed by atoms with Gasteiger partial charge in [-0.1, -0.05) is 0 Å². The molecule has 0 aromatic rings. The fourth-order valence-corrected chi connectivity index (χ4v) is 0.655. The maximum atomic E-state index is 11.6. The lowest BCUT2D eigenvalue weighted by molar-refractivity contribution is 0.223. The van der Waals surface area contributed by atoms with E-state index < -0.39 is 0 Å². The molecule has 1 fully saturated rings. The molecule has 1 aliphatic heterocycles. The molecule has 0 amide bonds. The molecule has 3 heteroatoms. The zero-order valence-electron chi connectivity index (χ0n) is 4.15. The van der Waals surface area contributed by atoms with Gasteiger partial charge >= 0.3 is 0 Å². The SMILES string of the molecule is FCN1CCNC1. The standard InChI is InChI=1S/C4H9FN2/c5-3-7-2-1-6-4-7/h6H,1-4H2. The molecule has 1 rings (SSSR count). The summed E-state index contributed by atoms with van der Waals surface area (Å²) in [6.45, 7) is 2.20. The van der Waals surface area contributed by atoms with Gasteiger partial charge in [0, 0.05) is 13.1 Å². The van der Waals surface area contributed by atoms with Crippen LogP contribution in [0.5, 0.6) is 0 Å². The van der Waals surface area contributed by atoms with Crippen molar-refractivity contribution in [2.24, 2.45) is 0 Å². The van der Waals surface area contributed by atoms with E-state index in [1.54, 1.807) is 4.90 Å². The van der Waals surface area contributed by atoms with Crippen molar-refractivity contribution < 1.29 is 4.39 Å². The van der Waals surface area contributed by atoms with Gasteiger partial charge in [-0.3, -0.25) is 4.90 Å². The first kappa shape index (κ1) is 5.00. The second kappa shape index (κ2) is 2.23. The van der Waals surface area contributed by atoms with Crippen LogP contribution in [-0.2, 0) is 0 Å². The normalized spacial score (nSPS) is 23.6. The number of hydrogen-bond donors (Lipinski definition) is 1. The van der Waals surface area contributed by atoms with Crippen LogP contribution >= 0.6 is 0 Å². The highest BCUT2D eigenvalue weighted by atomic mass is 19.1. The van der Waals surface area contributed by atoms with Crippen molar-refractivity contribution in [2.45, 2.75) is 0 Å². The first-order valence-electron chi connectivity index (χ1n) is 2.42. The minimum Gasteiger partial charge on any atom is -0.303 e. The van der Waals surface area contributed by atoms with E-state index in [-0.39, 0.29) is 6.80 Å². The second-order valence-corrected chi connectivity index (χ2v) is 1.67. The van der Waals surface area contributed by atoms with E-state index in [9.17, 15) is 4.39 Å². The number of nitrogens with zero attached hydrogens (tertiary/aromatic N) is 1. The van der Waals surface area contributed by atoms with Crippen molar-refractivity contribution >= 4 is 0 Å². The van der Waals surface area contributed by atoms with E-state index in [1.165, 1.54) is 0 Å². The molecule has 0 aromatic carbocycles. The lowest BCUT2D eigenvalue weighted by Crippen LogP contribution is -2.20. The molecule has 0 aromatic heterocycles. The Balaban J connectivity index is 2.14. The summed E-state index contributed by atoms with van der Waals surface area (Å²) >= 11 is 0. The molecule has 1 aliphatic rings. The summed E-state index contributed by atoms with van der Waals surface area (Å²) in [7, 11) is 0. The molecule has 0 saturated carbocycles. The molecular weight excluding hydrogens is 95.1 g/mol. The summed E-state index contributed by atoms with van der Waals surface area (Å²) in [5, 5.41) is 3.01. The minimum atomic E-state index is -0.312. The Bertz CT molecular complexity index is 51.7. The molecule has 0 unspecified atom stereocenters. The van der Waals surface area contributed by atoms with Gasteiger partial charge in [-0.25, -0.2) is 4.39 Å². The van der Waals surface area contributed by atoms with Crippen molar-refractivity contribution in [3.8, 4) is 0 Å². The molecule has 2 nitrogen and oxygen atoms in total. The van der Waals surface area contributed by atoms with Crippen LogP contribution in [-0.4, -0.2) is 31.5 Å². The van der Waals surface area contributed by atoms with Gasteiger partial charge in [0.2, 0.25) is 0 Å². The molecule has 1 saturated heterocycles. The molecule has 0 bridgehead atoms. The lowest BCUT2D eigenvalue weighted by Gasteiger charge is -2.04. The molecule has 7 heavy (non-hydrogen) atoms. The third-order valence-electron chi connectivity index (χ3n) is 1.11. The van der Waals surface area contributed by atoms with Crippen LogP contribution in [0.15, 0.2) is 0 Å². The molecular formula is C4H9FN2. The summed E-state index contributed by atoms with van der Waals surface area (Å²) in [5.41, 5.74) is 0. The maximum absolute atomic E-state index is 11.6. The number of alkyl halides is 1. The third kappa shape index (κ3) is 1.11. The Morgan fingerprint density at radius 2 is 2.57 bits per heavy atom. The van der Waals surface area contributed by atoms with Crippen LogP contribution in [0.1, 0.15) is 0 Å². The average Bonchev–Trinajstić information content (AvgIpc) is 2.14. The van der Waals surface area contributed by atoms with E-state index in [0.29, 0.717) is 0 Å². The predicted octanol–water partition coefficient (Wildman–Crippen LogP) is -0.224. The smallest absolute Gasteiger partial charge is 0.144 e. The Morgan fingerprint density at radius 1 is 1.71 bits per heavy atom. The van der Waals surface area contributed by atoms with Gasteiger partial charge in [-0.15, -0.1) is 0 Å². The molecule has 0 radical (unpaired) electrons. The van der Waals surface area contributed by atoms with Crippen LogP contribution in [0.4, 0.5) is 4.39 Å². The molecule has 1 heterocycles. The monoisotopic (exact) mass is 104 g/mol. The van der Waals surface area contributed by atoms with Crippen molar-refractivity contribution in [1.29, 1.82) is 0 Å². The van der Waals surface area contributed by atoms with E-state index in [4.69, 9.17) is 0 Å². The van der Waals surface area contributed by atoms with Gasteiger partial charge in [0.05, 0.1) is 6.67 Å². The van der Waals surface area contributed by atoms with Gasteiger partial charge in [0.25, 0.3) is 0 Å². The highest BCUT2D eigenvalue weighted by Crippen LogP contribution is 1.89. The van der Waals surface area contributed by atoms with E-state index in [0.717, 1.165) is 19.8 Å². The molecule has 0 aliphatic carbocycles. The van der Waals surface area contributed by atoms with E-state index in [2.05, 4.69) is 5.32 Å². The molecule has 1 N–H and O–H groups in total. The van der Waals surface area contributed by atoms with Gasteiger partial charge < -0.3 is 5.32 Å². The summed E-state index contributed by atoms with van der Waals surface area (Å²) in [5.74, 6) is 0. The van der Waals surface area contributed by atoms with Crippen LogP contribution in [0.2, 0.25) is 0 Å². The Morgan fingerprint density at radius 3 is 2.86 bits per heavy atom. The number of halogens is 1. The number of hydrogen-bond acceptors (Lipinski definition) is 2. The second-order valence-electron chi connectivity index (χ2n) is 1.67. The fraction of sp³-hybridized carbons (Fsp3) is 1.00. The molecule has 0 atom stereocenters. The Labute approximate surface area is 42.3 Å². The Hall–Kier alpha value is -0.150. The van der Waals surface area contributed by atoms with Crippen molar-refractivity contribution in [3.05, 3.63) is 0 Å². The first-order chi connectivity index (χ1) is 3.43. The summed E-state index contributed by atoms with van der Waals surface area (Å²) in [6.07, 6.45) is 0. The van der Waals surface area contributed by atoms with Crippen LogP contribution in [0.25, 0.3) is 0 Å². The highest BCUT2D eigenvalue weighted by Gasteiger charge is 2.07. The Kier molecular flexibility index (Phi) is 1.59. The predicted molar refractivity (Wildman–Crippen MR) is 25.6 cm³/mol. The zero-order chi connectivity index (χ0) is 5.11. The van der Waals surface area contributed by atoms with Crippen molar-refractivity contribution in [2.75, 3.05) is 26.6 Å². The average molecular weight is 104 g/mol. The first-order valence-corrected chi connectivity index (χ1v) is 2.42. The highest BCUT2D eigenvalue weighted by molar-refractivity contribution is 4.60. The number of nitrogens with one attached hydrogen (secondary N) is 1. The summed E-state index contributed by atoms with van der Waals surface area (Å²) in [4.78, 5) is 1.71. The van der Waals surface area contributed by atoms with Crippen LogP contribution in [0.3, 0.4) is 0 Å². The molecule has 0 spiro atoms. The van der Waals surface area contributed by atoms with E-state index in [1.807, 2.05) is 0 Å². The molecule has 42 valence electrons.